The van der Waals surface area contributed by atoms with Gasteiger partial charge in [0.25, 0.3) is 0 Å². The molecule has 0 saturated heterocycles. The average molecular weight is 161 g/mol. The number of carbonyl (C=O) groups is 1. The van der Waals surface area contributed by atoms with Crippen molar-refractivity contribution in [2.45, 2.75) is 26.4 Å². The number of carbonyl (C=O) groups excluding carboxylic acids is 1. The van der Waals surface area contributed by atoms with Gasteiger partial charge in [0, 0.05) is 14.2 Å². The van der Waals surface area contributed by atoms with Crippen LogP contribution in [0, 0.1) is 0 Å². The van der Waals surface area contributed by atoms with Gasteiger partial charge in [-0.15, -0.1) is 0 Å². The van der Waals surface area contributed by atoms with Gasteiger partial charge in [-0.25, -0.2) is 0 Å². The summed E-state index contributed by atoms with van der Waals surface area (Å²) in [6.07, 6.45) is 0.183. The Kier molecular flexibility index (Phi) is 4.81. The summed E-state index contributed by atoms with van der Waals surface area (Å²) in [6, 6.07) is 0. The summed E-state index contributed by atoms with van der Waals surface area (Å²) in [7, 11) is 3.21. The fourth-order valence-corrected chi connectivity index (χ4v) is 0.515. The lowest BCUT2D eigenvalue weighted by Gasteiger charge is -2.23. The first-order chi connectivity index (χ1) is 5.11. The molecule has 0 aliphatic carbocycles. The largest absolute Gasteiger partial charge is 0.356 e. The van der Waals surface area contributed by atoms with Crippen molar-refractivity contribution in [1.29, 1.82) is 0 Å². The van der Waals surface area contributed by atoms with Gasteiger partial charge in [-0.2, -0.15) is 0 Å². The second kappa shape index (κ2) is 5.09. The molecule has 66 valence electrons. The summed E-state index contributed by atoms with van der Waals surface area (Å²) in [4.78, 5) is 11.6. The molecular weight excluding hydrogens is 146 g/mol. The van der Waals surface area contributed by atoms with E-state index in [0.717, 1.165) is 0 Å². The van der Waals surface area contributed by atoms with Crippen LogP contribution in [0.3, 0.4) is 0 Å². The summed E-state index contributed by atoms with van der Waals surface area (Å²) in [5, 5.41) is 0. The normalized spacial score (nSPS) is 15.6. The lowest BCUT2D eigenvalue weighted by Crippen LogP contribution is -2.33. The minimum atomic E-state index is -0.285. The highest BCUT2D eigenvalue weighted by Gasteiger charge is 2.10. The van der Waals surface area contributed by atoms with Crippen LogP contribution in [0.4, 0.5) is 0 Å². The zero-order valence-corrected chi connectivity index (χ0v) is 7.40. The molecule has 0 heterocycles. The molecule has 0 N–H and O–H groups in total. The number of nitrogens with zero attached hydrogens (tertiary/aromatic N) is 1. The van der Waals surface area contributed by atoms with E-state index in [-0.39, 0.29) is 12.5 Å². The predicted molar refractivity (Wildman–Crippen MR) is 40.8 cm³/mol. The van der Waals surface area contributed by atoms with Gasteiger partial charge in [-0.3, -0.25) is 4.79 Å². The Bertz CT molecular complexity index is 118. The Balaban J connectivity index is 3.66. The van der Waals surface area contributed by atoms with Crippen molar-refractivity contribution in [3.8, 4) is 0 Å². The SMILES string of the molecule is COC(C)OC(C)N(C)C=O. The molecule has 4 heteroatoms. The van der Waals surface area contributed by atoms with Crippen LogP contribution in [-0.4, -0.2) is 38.0 Å². The summed E-state index contributed by atoms with van der Waals surface area (Å²) < 4.78 is 10.1. The molecule has 0 bridgehead atoms. The van der Waals surface area contributed by atoms with Gasteiger partial charge >= 0.3 is 0 Å². The summed E-state index contributed by atoms with van der Waals surface area (Å²) >= 11 is 0. The summed E-state index contributed by atoms with van der Waals surface area (Å²) in [6.45, 7) is 3.55. The first-order valence-corrected chi connectivity index (χ1v) is 3.47. The molecule has 0 fully saturated rings. The van der Waals surface area contributed by atoms with Crippen molar-refractivity contribution in [3.63, 3.8) is 0 Å². The van der Waals surface area contributed by atoms with Crippen LogP contribution < -0.4 is 0 Å². The van der Waals surface area contributed by atoms with Gasteiger partial charge in [0.2, 0.25) is 6.41 Å². The molecule has 0 aliphatic rings. The van der Waals surface area contributed by atoms with E-state index in [0.29, 0.717) is 6.41 Å². The lowest BCUT2D eigenvalue weighted by molar-refractivity contribution is -0.177. The third-order valence-electron chi connectivity index (χ3n) is 1.46. The highest BCUT2D eigenvalue weighted by Crippen LogP contribution is 2.00. The quantitative estimate of drug-likeness (QED) is 0.433. The van der Waals surface area contributed by atoms with Crippen LogP contribution in [0.5, 0.6) is 0 Å². The molecule has 0 aromatic rings. The number of methoxy groups -OCH3 is 1. The van der Waals surface area contributed by atoms with Crippen molar-refractivity contribution < 1.29 is 14.3 Å². The van der Waals surface area contributed by atoms with Gasteiger partial charge in [0.15, 0.2) is 6.29 Å². The number of hydrogen-bond acceptors (Lipinski definition) is 3. The van der Waals surface area contributed by atoms with Gasteiger partial charge < -0.3 is 14.4 Å². The molecule has 0 radical (unpaired) electrons. The molecule has 0 aromatic heterocycles. The van der Waals surface area contributed by atoms with E-state index in [4.69, 9.17) is 9.47 Å². The third kappa shape index (κ3) is 3.95. The topological polar surface area (TPSA) is 38.8 Å². The predicted octanol–water partition coefficient (Wildman–Crippen LogP) is 0.430. The van der Waals surface area contributed by atoms with Gasteiger partial charge in [-0.05, 0) is 13.8 Å². The van der Waals surface area contributed by atoms with Gasteiger partial charge in [-0.1, -0.05) is 0 Å². The van der Waals surface area contributed by atoms with E-state index in [1.807, 2.05) is 0 Å². The average Bonchev–Trinajstić information content (AvgIpc) is 2.02. The van der Waals surface area contributed by atoms with E-state index in [1.165, 1.54) is 4.90 Å². The lowest BCUT2D eigenvalue weighted by atomic mass is 10.6. The standard InChI is InChI=1S/C7H15NO3/c1-6(8(3)5-9)11-7(2)10-4/h5-7H,1-4H3. The summed E-state index contributed by atoms with van der Waals surface area (Å²) in [5.41, 5.74) is 0. The molecule has 0 aromatic carbocycles. The van der Waals surface area contributed by atoms with E-state index >= 15 is 0 Å². The number of hydrogen-bond donors (Lipinski definition) is 0. The maximum absolute atomic E-state index is 10.2. The minimum absolute atomic E-state index is 0.248. The van der Waals surface area contributed by atoms with Crippen molar-refractivity contribution in [2.75, 3.05) is 14.2 Å². The van der Waals surface area contributed by atoms with Crippen LogP contribution >= 0.6 is 0 Å². The molecule has 2 atom stereocenters. The zero-order chi connectivity index (χ0) is 8.85. The minimum Gasteiger partial charge on any atom is -0.356 e. The fourth-order valence-electron chi connectivity index (χ4n) is 0.515. The fraction of sp³-hybridized carbons (Fsp3) is 0.857. The van der Waals surface area contributed by atoms with Crippen molar-refractivity contribution in [1.82, 2.24) is 4.90 Å². The van der Waals surface area contributed by atoms with Gasteiger partial charge in [0.05, 0.1) is 0 Å². The molecule has 0 spiro atoms. The number of rotatable bonds is 5. The zero-order valence-electron chi connectivity index (χ0n) is 7.40. The molecule has 0 rings (SSSR count). The summed E-state index contributed by atoms with van der Waals surface area (Å²) in [5.74, 6) is 0. The van der Waals surface area contributed by atoms with E-state index < -0.39 is 0 Å². The molecule has 4 nitrogen and oxygen atoms in total. The Morgan fingerprint density at radius 2 is 2.00 bits per heavy atom. The molecule has 0 aliphatic heterocycles. The number of amides is 1. The maximum atomic E-state index is 10.2. The monoisotopic (exact) mass is 161 g/mol. The van der Waals surface area contributed by atoms with Crippen molar-refractivity contribution in [3.05, 3.63) is 0 Å². The molecular formula is C7H15NO3. The Morgan fingerprint density at radius 3 is 2.36 bits per heavy atom. The third-order valence-corrected chi connectivity index (χ3v) is 1.46. The Morgan fingerprint density at radius 1 is 1.45 bits per heavy atom. The molecule has 2 unspecified atom stereocenters. The van der Waals surface area contributed by atoms with E-state index in [2.05, 4.69) is 0 Å². The second-order valence-electron chi connectivity index (χ2n) is 2.31. The van der Waals surface area contributed by atoms with E-state index in [9.17, 15) is 4.79 Å². The highest BCUT2D eigenvalue weighted by molar-refractivity contribution is 5.46. The Hall–Kier alpha value is -0.610. The highest BCUT2D eigenvalue weighted by atomic mass is 16.7. The van der Waals surface area contributed by atoms with Crippen LogP contribution in [0.25, 0.3) is 0 Å². The van der Waals surface area contributed by atoms with E-state index in [1.54, 1.807) is 28.0 Å². The van der Waals surface area contributed by atoms with Crippen LogP contribution in [0.15, 0.2) is 0 Å². The molecule has 0 saturated carbocycles. The van der Waals surface area contributed by atoms with Crippen LogP contribution in [0.1, 0.15) is 13.8 Å². The first-order valence-electron chi connectivity index (χ1n) is 3.47. The smallest absolute Gasteiger partial charge is 0.211 e. The van der Waals surface area contributed by atoms with Crippen molar-refractivity contribution in [2.24, 2.45) is 0 Å². The number of ether oxygens (including phenoxy) is 2. The molecule has 11 heavy (non-hydrogen) atoms. The van der Waals surface area contributed by atoms with Crippen molar-refractivity contribution >= 4 is 6.41 Å². The maximum Gasteiger partial charge on any atom is 0.211 e. The van der Waals surface area contributed by atoms with Crippen LogP contribution in [0.2, 0.25) is 0 Å². The second-order valence-corrected chi connectivity index (χ2v) is 2.31. The first kappa shape index (κ1) is 10.4. The van der Waals surface area contributed by atoms with Crippen LogP contribution in [-0.2, 0) is 14.3 Å². The van der Waals surface area contributed by atoms with Gasteiger partial charge in [0.1, 0.15) is 6.23 Å². The molecule has 1 amide bonds. The Labute approximate surface area is 67.1 Å².